The van der Waals surface area contributed by atoms with Crippen LogP contribution in [0, 0.1) is 5.92 Å². The summed E-state index contributed by atoms with van der Waals surface area (Å²) in [6.45, 7) is 7.34. The normalized spacial score (nSPS) is 14.8. The second-order valence-electron chi connectivity index (χ2n) is 6.06. The lowest BCUT2D eigenvalue weighted by molar-refractivity contribution is -0.121. The lowest BCUT2D eigenvalue weighted by Crippen LogP contribution is -2.27. The number of hydrogen-bond acceptors (Lipinski definition) is 2. The van der Waals surface area contributed by atoms with Crippen LogP contribution in [0.4, 0.5) is 5.69 Å². The highest BCUT2D eigenvalue weighted by Crippen LogP contribution is 2.20. The first-order valence-corrected chi connectivity index (χ1v) is 7.76. The highest BCUT2D eigenvalue weighted by Gasteiger charge is 2.11. The van der Waals surface area contributed by atoms with E-state index in [-0.39, 0.29) is 5.91 Å². The van der Waals surface area contributed by atoms with Gasteiger partial charge in [0.15, 0.2) is 0 Å². The molecular formula is C17H26N2O. The second kappa shape index (κ2) is 7.32. The standard InChI is InChI=1S/C17H26N2O/c1-14(2)13-18-17(20)10-7-15-5-8-16(9-6-15)19-11-3-4-12-19/h5-6,8-9,14H,3-4,7,10-13H2,1-2H3,(H,18,20). The largest absolute Gasteiger partial charge is 0.372 e. The number of nitrogens with one attached hydrogen (secondary N) is 1. The molecule has 1 heterocycles. The Kier molecular flexibility index (Phi) is 5.45. The molecule has 0 saturated carbocycles. The number of carbonyl (C=O) groups is 1. The molecule has 3 nitrogen and oxygen atoms in total. The maximum Gasteiger partial charge on any atom is 0.220 e. The van der Waals surface area contributed by atoms with Crippen LogP contribution in [0.3, 0.4) is 0 Å². The van der Waals surface area contributed by atoms with Gasteiger partial charge in [0.1, 0.15) is 0 Å². The fourth-order valence-electron chi connectivity index (χ4n) is 2.51. The molecule has 0 aromatic heterocycles. The lowest BCUT2D eigenvalue weighted by Gasteiger charge is -2.17. The van der Waals surface area contributed by atoms with Gasteiger partial charge >= 0.3 is 0 Å². The molecule has 1 N–H and O–H groups in total. The van der Waals surface area contributed by atoms with E-state index in [0.717, 1.165) is 13.0 Å². The van der Waals surface area contributed by atoms with Crippen LogP contribution < -0.4 is 10.2 Å². The quantitative estimate of drug-likeness (QED) is 0.865. The van der Waals surface area contributed by atoms with Crippen molar-refractivity contribution in [3.63, 3.8) is 0 Å². The van der Waals surface area contributed by atoms with Crippen LogP contribution >= 0.6 is 0 Å². The van der Waals surface area contributed by atoms with Gasteiger partial charge in [0.25, 0.3) is 0 Å². The highest BCUT2D eigenvalue weighted by molar-refractivity contribution is 5.76. The Hall–Kier alpha value is -1.51. The second-order valence-corrected chi connectivity index (χ2v) is 6.06. The van der Waals surface area contributed by atoms with Crippen LogP contribution in [0.15, 0.2) is 24.3 Å². The van der Waals surface area contributed by atoms with E-state index < -0.39 is 0 Å². The van der Waals surface area contributed by atoms with Gasteiger partial charge in [-0.15, -0.1) is 0 Å². The van der Waals surface area contributed by atoms with Crippen molar-refractivity contribution in [2.75, 3.05) is 24.5 Å². The number of carbonyl (C=O) groups excluding carboxylic acids is 1. The van der Waals surface area contributed by atoms with E-state index in [9.17, 15) is 4.79 Å². The molecule has 0 radical (unpaired) electrons. The predicted molar refractivity (Wildman–Crippen MR) is 84.1 cm³/mol. The first kappa shape index (κ1) is 14.9. The Balaban J connectivity index is 1.77. The lowest BCUT2D eigenvalue weighted by atomic mass is 10.1. The molecule has 1 aromatic rings. The summed E-state index contributed by atoms with van der Waals surface area (Å²) in [6.07, 6.45) is 4.01. The van der Waals surface area contributed by atoms with Gasteiger partial charge in [-0.25, -0.2) is 0 Å². The number of amides is 1. The molecular weight excluding hydrogens is 248 g/mol. The molecule has 0 spiro atoms. The summed E-state index contributed by atoms with van der Waals surface area (Å²) in [5.74, 6) is 0.668. The molecule has 1 amide bonds. The molecule has 0 bridgehead atoms. The minimum Gasteiger partial charge on any atom is -0.372 e. The fraction of sp³-hybridized carbons (Fsp3) is 0.588. The van der Waals surface area contributed by atoms with Crippen molar-refractivity contribution < 1.29 is 4.79 Å². The van der Waals surface area contributed by atoms with Crippen LogP contribution in [0.1, 0.15) is 38.7 Å². The van der Waals surface area contributed by atoms with Crippen LogP contribution in [-0.2, 0) is 11.2 Å². The molecule has 1 aliphatic heterocycles. The summed E-state index contributed by atoms with van der Waals surface area (Å²) < 4.78 is 0. The maximum atomic E-state index is 11.7. The van der Waals surface area contributed by atoms with Crippen LogP contribution in [0.25, 0.3) is 0 Å². The van der Waals surface area contributed by atoms with E-state index >= 15 is 0 Å². The van der Waals surface area contributed by atoms with Gasteiger partial charge in [-0.2, -0.15) is 0 Å². The predicted octanol–water partition coefficient (Wildman–Crippen LogP) is 2.99. The van der Waals surface area contributed by atoms with E-state index in [1.54, 1.807) is 0 Å². The summed E-state index contributed by atoms with van der Waals surface area (Å²) in [5, 5.41) is 2.96. The first-order valence-electron chi connectivity index (χ1n) is 7.76. The van der Waals surface area contributed by atoms with Crippen molar-refractivity contribution in [2.24, 2.45) is 5.92 Å². The Morgan fingerprint density at radius 3 is 2.45 bits per heavy atom. The molecule has 0 atom stereocenters. The molecule has 0 aliphatic carbocycles. The molecule has 20 heavy (non-hydrogen) atoms. The van der Waals surface area contributed by atoms with Crippen LogP contribution in [-0.4, -0.2) is 25.5 Å². The minimum absolute atomic E-state index is 0.155. The van der Waals surface area contributed by atoms with Crippen LogP contribution in [0.5, 0.6) is 0 Å². The van der Waals surface area contributed by atoms with Gasteiger partial charge in [-0.1, -0.05) is 26.0 Å². The van der Waals surface area contributed by atoms with Gasteiger partial charge < -0.3 is 10.2 Å². The zero-order chi connectivity index (χ0) is 14.4. The Morgan fingerprint density at radius 1 is 1.20 bits per heavy atom. The van der Waals surface area contributed by atoms with E-state index in [1.165, 1.54) is 37.2 Å². The number of nitrogens with zero attached hydrogens (tertiary/aromatic N) is 1. The monoisotopic (exact) mass is 274 g/mol. The van der Waals surface area contributed by atoms with Crippen molar-refractivity contribution in [3.05, 3.63) is 29.8 Å². The number of hydrogen-bond donors (Lipinski definition) is 1. The molecule has 1 fully saturated rings. The van der Waals surface area contributed by atoms with Gasteiger partial charge in [-0.3, -0.25) is 4.79 Å². The summed E-state index contributed by atoms with van der Waals surface area (Å²) in [4.78, 5) is 14.1. The first-order chi connectivity index (χ1) is 9.65. The van der Waals surface area contributed by atoms with E-state index in [4.69, 9.17) is 0 Å². The minimum atomic E-state index is 0.155. The van der Waals surface area contributed by atoms with E-state index in [1.807, 2.05) is 0 Å². The molecule has 1 aliphatic rings. The third-order valence-corrected chi connectivity index (χ3v) is 3.76. The van der Waals surface area contributed by atoms with Crippen molar-refractivity contribution in [1.29, 1.82) is 0 Å². The number of aryl methyl sites for hydroxylation is 1. The third kappa shape index (κ3) is 4.55. The van der Waals surface area contributed by atoms with Crippen molar-refractivity contribution in [2.45, 2.75) is 39.5 Å². The summed E-state index contributed by atoms with van der Waals surface area (Å²) in [5.41, 5.74) is 2.56. The molecule has 1 saturated heterocycles. The SMILES string of the molecule is CC(C)CNC(=O)CCc1ccc(N2CCCC2)cc1. The van der Waals surface area contributed by atoms with Gasteiger partial charge in [0.2, 0.25) is 5.91 Å². The molecule has 0 unspecified atom stereocenters. The van der Waals surface area contributed by atoms with Crippen molar-refractivity contribution in [3.8, 4) is 0 Å². The highest BCUT2D eigenvalue weighted by atomic mass is 16.1. The maximum absolute atomic E-state index is 11.7. The molecule has 1 aromatic carbocycles. The van der Waals surface area contributed by atoms with E-state index in [2.05, 4.69) is 48.3 Å². The molecule has 3 heteroatoms. The van der Waals surface area contributed by atoms with Gasteiger partial charge in [0.05, 0.1) is 0 Å². The fourth-order valence-corrected chi connectivity index (χ4v) is 2.51. The topological polar surface area (TPSA) is 32.3 Å². The number of rotatable bonds is 6. The number of anilines is 1. The van der Waals surface area contributed by atoms with Crippen molar-refractivity contribution in [1.82, 2.24) is 5.32 Å². The molecule has 110 valence electrons. The Bertz CT molecular complexity index is 419. The summed E-state index contributed by atoms with van der Waals surface area (Å²) >= 11 is 0. The third-order valence-electron chi connectivity index (χ3n) is 3.76. The van der Waals surface area contributed by atoms with Crippen molar-refractivity contribution >= 4 is 11.6 Å². The van der Waals surface area contributed by atoms with E-state index in [0.29, 0.717) is 12.3 Å². The number of benzene rings is 1. The zero-order valence-corrected chi connectivity index (χ0v) is 12.7. The zero-order valence-electron chi connectivity index (χ0n) is 12.7. The Labute approximate surface area is 122 Å². The molecule has 2 rings (SSSR count). The van der Waals surface area contributed by atoms with Crippen LogP contribution in [0.2, 0.25) is 0 Å². The summed E-state index contributed by atoms with van der Waals surface area (Å²) in [7, 11) is 0. The Morgan fingerprint density at radius 2 is 1.85 bits per heavy atom. The summed E-state index contributed by atoms with van der Waals surface area (Å²) in [6, 6.07) is 8.69. The average Bonchev–Trinajstić information content (AvgIpc) is 2.97. The van der Waals surface area contributed by atoms with Gasteiger partial charge in [-0.05, 0) is 42.9 Å². The van der Waals surface area contributed by atoms with Gasteiger partial charge in [0, 0.05) is 31.7 Å². The smallest absolute Gasteiger partial charge is 0.220 e. The average molecular weight is 274 g/mol.